The van der Waals surface area contributed by atoms with E-state index >= 15 is 0 Å². The van der Waals surface area contributed by atoms with Crippen LogP contribution in [0.1, 0.15) is 25.7 Å². The second-order valence-corrected chi connectivity index (χ2v) is 3.83. The molecule has 10 heavy (non-hydrogen) atoms. The summed E-state index contributed by atoms with van der Waals surface area (Å²) in [6.07, 6.45) is 7.93. The minimum atomic E-state index is 0.815. The Balaban J connectivity index is 2.03. The first-order valence-electron chi connectivity index (χ1n) is 4.16. The van der Waals surface area contributed by atoms with Gasteiger partial charge in [0.05, 0.1) is 0 Å². The summed E-state index contributed by atoms with van der Waals surface area (Å²) in [5.74, 6) is 2.68. The van der Waals surface area contributed by atoms with Crippen molar-refractivity contribution in [2.45, 2.75) is 25.7 Å². The molecule has 1 fully saturated rings. The van der Waals surface area contributed by atoms with Crippen LogP contribution in [0.3, 0.4) is 0 Å². The van der Waals surface area contributed by atoms with Crippen LogP contribution in [0.4, 0.5) is 0 Å². The monoisotopic (exact) mass is 156 g/mol. The predicted octanol–water partition coefficient (Wildman–Crippen LogP) is 2.97. The van der Waals surface area contributed by atoms with Crippen molar-refractivity contribution in [3.63, 3.8) is 0 Å². The molecule has 2 unspecified atom stereocenters. The number of alkyl halides is 1. The highest BCUT2D eigenvalue weighted by atomic mass is 35.5. The van der Waals surface area contributed by atoms with Crippen LogP contribution in [0, 0.1) is 11.8 Å². The number of hydrogen-bond acceptors (Lipinski definition) is 0. The molecular formula is C9H13Cl. The summed E-state index contributed by atoms with van der Waals surface area (Å²) in [5, 5.41) is 0. The summed E-state index contributed by atoms with van der Waals surface area (Å²) in [4.78, 5) is 0. The van der Waals surface area contributed by atoms with Crippen molar-refractivity contribution in [1.82, 2.24) is 0 Å². The Bertz CT molecular complexity index is 160. The highest BCUT2D eigenvalue weighted by molar-refractivity contribution is 6.18. The minimum absolute atomic E-state index is 0.815. The topological polar surface area (TPSA) is 0 Å². The van der Waals surface area contributed by atoms with Crippen LogP contribution in [0.2, 0.25) is 0 Å². The molecule has 2 aliphatic rings. The average Bonchev–Trinajstić information content (AvgIpc) is 2.48. The Hall–Kier alpha value is 0.0300. The van der Waals surface area contributed by atoms with Gasteiger partial charge in [-0.2, -0.15) is 0 Å². The quantitative estimate of drug-likeness (QED) is 0.426. The predicted molar refractivity (Wildman–Crippen MR) is 44.3 cm³/mol. The number of hydrogen-bond donors (Lipinski definition) is 0. The van der Waals surface area contributed by atoms with Gasteiger partial charge in [-0.3, -0.25) is 0 Å². The molecule has 2 rings (SSSR count). The maximum Gasteiger partial charge on any atom is 0.0260 e. The molecule has 0 aliphatic heterocycles. The molecule has 2 bridgehead atoms. The normalized spacial score (nSPS) is 36.7. The van der Waals surface area contributed by atoms with Crippen molar-refractivity contribution in [3.8, 4) is 0 Å². The van der Waals surface area contributed by atoms with Crippen LogP contribution in [0.15, 0.2) is 11.6 Å². The minimum Gasteiger partial charge on any atom is -0.126 e. The molecule has 56 valence electrons. The third-order valence-electron chi connectivity index (χ3n) is 2.83. The maximum absolute atomic E-state index is 5.68. The molecule has 0 amide bonds. The highest BCUT2D eigenvalue weighted by Gasteiger charge is 2.31. The zero-order valence-electron chi connectivity index (χ0n) is 6.15. The lowest BCUT2D eigenvalue weighted by Crippen LogP contribution is -1.97. The van der Waals surface area contributed by atoms with Crippen molar-refractivity contribution >= 4 is 11.6 Å². The first kappa shape index (κ1) is 6.72. The molecule has 0 spiro atoms. The average molecular weight is 157 g/mol. The van der Waals surface area contributed by atoms with Gasteiger partial charge in [-0.15, -0.1) is 11.6 Å². The van der Waals surface area contributed by atoms with Crippen LogP contribution < -0.4 is 0 Å². The summed E-state index contributed by atoms with van der Waals surface area (Å²) >= 11 is 5.68. The number of allylic oxidation sites excluding steroid dienone is 2. The lowest BCUT2D eigenvalue weighted by Gasteiger charge is -2.10. The Morgan fingerprint density at radius 3 is 2.90 bits per heavy atom. The zero-order valence-corrected chi connectivity index (χ0v) is 6.90. The van der Waals surface area contributed by atoms with Crippen molar-refractivity contribution in [2.24, 2.45) is 11.8 Å². The first-order chi connectivity index (χ1) is 4.90. The Morgan fingerprint density at radius 2 is 2.40 bits per heavy atom. The lowest BCUT2D eigenvalue weighted by molar-refractivity contribution is 0.637. The third kappa shape index (κ3) is 0.989. The van der Waals surface area contributed by atoms with Crippen LogP contribution in [-0.4, -0.2) is 5.88 Å². The van der Waals surface area contributed by atoms with E-state index in [1.807, 2.05) is 0 Å². The molecule has 2 aliphatic carbocycles. The molecular weight excluding hydrogens is 144 g/mol. The van der Waals surface area contributed by atoms with Crippen molar-refractivity contribution in [2.75, 3.05) is 5.88 Å². The molecule has 2 atom stereocenters. The largest absolute Gasteiger partial charge is 0.126 e. The van der Waals surface area contributed by atoms with Gasteiger partial charge in [-0.05, 0) is 37.5 Å². The Labute approximate surface area is 67.3 Å². The number of rotatable bonds is 2. The van der Waals surface area contributed by atoms with E-state index in [2.05, 4.69) is 6.08 Å². The molecule has 0 aromatic rings. The van der Waals surface area contributed by atoms with Gasteiger partial charge < -0.3 is 0 Å². The molecule has 0 aromatic heterocycles. The fraction of sp³-hybridized carbons (Fsp3) is 0.778. The molecule has 1 saturated carbocycles. The van der Waals surface area contributed by atoms with E-state index in [1.165, 1.54) is 19.3 Å². The van der Waals surface area contributed by atoms with Gasteiger partial charge in [0.1, 0.15) is 0 Å². The SMILES string of the molecule is ClCCC1=CC2CCC1C2. The van der Waals surface area contributed by atoms with Crippen molar-refractivity contribution < 1.29 is 0 Å². The van der Waals surface area contributed by atoms with Gasteiger partial charge in [-0.25, -0.2) is 0 Å². The maximum atomic E-state index is 5.68. The van der Waals surface area contributed by atoms with E-state index in [0.717, 1.165) is 24.1 Å². The van der Waals surface area contributed by atoms with Crippen LogP contribution in [0.25, 0.3) is 0 Å². The summed E-state index contributed by atoms with van der Waals surface area (Å²) in [6, 6.07) is 0. The van der Waals surface area contributed by atoms with E-state index in [4.69, 9.17) is 11.6 Å². The third-order valence-corrected chi connectivity index (χ3v) is 3.02. The fourth-order valence-electron chi connectivity index (χ4n) is 2.34. The molecule has 1 heteroatoms. The summed E-state index contributed by atoms with van der Waals surface area (Å²) in [5.41, 5.74) is 1.66. The Kier molecular flexibility index (Phi) is 1.73. The zero-order chi connectivity index (χ0) is 6.97. The van der Waals surface area contributed by atoms with Gasteiger partial charge in [0.15, 0.2) is 0 Å². The van der Waals surface area contributed by atoms with Gasteiger partial charge in [0.2, 0.25) is 0 Å². The molecule has 0 saturated heterocycles. The molecule has 0 aromatic carbocycles. The summed E-state index contributed by atoms with van der Waals surface area (Å²) < 4.78 is 0. The second-order valence-electron chi connectivity index (χ2n) is 3.45. The molecule has 0 radical (unpaired) electrons. The van der Waals surface area contributed by atoms with Crippen molar-refractivity contribution in [1.29, 1.82) is 0 Å². The molecule has 0 N–H and O–H groups in total. The first-order valence-corrected chi connectivity index (χ1v) is 4.70. The molecule has 0 heterocycles. The van der Waals surface area contributed by atoms with E-state index in [1.54, 1.807) is 5.57 Å². The van der Waals surface area contributed by atoms with Crippen LogP contribution >= 0.6 is 11.6 Å². The van der Waals surface area contributed by atoms with E-state index in [0.29, 0.717) is 0 Å². The van der Waals surface area contributed by atoms with Crippen molar-refractivity contribution in [3.05, 3.63) is 11.6 Å². The molecule has 0 nitrogen and oxygen atoms in total. The van der Waals surface area contributed by atoms with Gasteiger partial charge in [-0.1, -0.05) is 11.6 Å². The van der Waals surface area contributed by atoms with E-state index < -0.39 is 0 Å². The summed E-state index contributed by atoms with van der Waals surface area (Å²) in [7, 11) is 0. The number of halogens is 1. The summed E-state index contributed by atoms with van der Waals surface area (Å²) in [6.45, 7) is 0. The number of fused-ring (bicyclic) bond motifs is 2. The van der Waals surface area contributed by atoms with Crippen LogP contribution in [0.5, 0.6) is 0 Å². The van der Waals surface area contributed by atoms with E-state index in [-0.39, 0.29) is 0 Å². The highest BCUT2D eigenvalue weighted by Crippen LogP contribution is 2.44. The van der Waals surface area contributed by atoms with Gasteiger partial charge in [0.25, 0.3) is 0 Å². The van der Waals surface area contributed by atoms with Gasteiger partial charge in [0, 0.05) is 5.88 Å². The standard InChI is InChI=1S/C9H13Cl/c10-4-3-9-6-7-1-2-8(9)5-7/h6-8H,1-5H2. The van der Waals surface area contributed by atoms with Crippen LogP contribution in [-0.2, 0) is 0 Å². The van der Waals surface area contributed by atoms with Gasteiger partial charge >= 0.3 is 0 Å². The van der Waals surface area contributed by atoms with E-state index in [9.17, 15) is 0 Å². The Morgan fingerprint density at radius 1 is 1.50 bits per heavy atom. The smallest absolute Gasteiger partial charge is 0.0260 e. The lowest BCUT2D eigenvalue weighted by atomic mass is 9.97. The fourth-order valence-corrected chi connectivity index (χ4v) is 2.56. The second kappa shape index (κ2) is 2.58.